The first-order valence-corrected chi connectivity index (χ1v) is 4.99. The molecule has 3 N–H and O–H groups in total. The smallest absolute Gasteiger partial charge is 0.335 e. The van der Waals surface area contributed by atoms with Gasteiger partial charge in [0.05, 0.1) is 24.3 Å². The average molecular weight is 237 g/mol. The maximum atomic E-state index is 11.2. The number of carboxylic acid groups (broad SMARTS) is 1. The summed E-state index contributed by atoms with van der Waals surface area (Å²) in [5.41, 5.74) is 5.39. The van der Waals surface area contributed by atoms with Crippen LogP contribution in [0.25, 0.3) is 0 Å². The van der Waals surface area contributed by atoms with E-state index >= 15 is 0 Å². The van der Waals surface area contributed by atoms with Crippen LogP contribution in [-0.2, 0) is 4.74 Å². The molecule has 0 atom stereocenters. The van der Waals surface area contributed by atoms with Gasteiger partial charge in [-0.1, -0.05) is 0 Å². The number of carboxylic acids is 1. The molecule has 2 rings (SSSR count). The van der Waals surface area contributed by atoms with E-state index in [9.17, 15) is 9.59 Å². The third-order valence-electron chi connectivity index (χ3n) is 2.40. The van der Waals surface area contributed by atoms with Gasteiger partial charge in [0.15, 0.2) is 0 Å². The predicted molar refractivity (Wildman–Crippen MR) is 57.2 cm³/mol. The zero-order chi connectivity index (χ0) is 12.4. The Kier molecular flexibility index (Phi) is 2.97. The van der Waals surface area contributed by atoms with Gasteiger partial charge in [0.2, 0.25) is 0 Å². The van der Waals surface area contributed by atoms with Gasteiger partial charge in [-0.15, -0.1) is 0 Å². The van der Waals surface area contributed by atoms with Crippen LogP contribution in [0.5, 0.6) is 5.75 Å². The number of carbonyl (C=O) groups excluding carboxylic acids is 1. The molecule has 1 aromatic carbocycles. The summed E-state index contributed by atoms with van der Waals surface area (Å²) in [6, 6.07) is 3.95. The summed E-state index contributed by atoms with van der Waals surface area (Å²) in [5.74, 6) is -1.56. The van der Waals surface area contributed by atoms with Gasteiger partial charge in [-0.3, -0.25) is 4.79 Å². The fraction of sp³-hybridized carbons (Fsp3) is 0.273. The lowest BCUT2D eigenvalue weighted by Crippen LogP contribution is -2.39. The van der Waals surface area contributed by atoms with Crippen molar-refractivity contribution in [2.45, 2.75) is 6.10 Å². The fourth-order valence-corrected chi connectivity index (χ4v) is 1.42. The van der Waals surface area contributed by atoms with Crippen molar-refractivity contribution in [2.75, 3.05) is 13.2 Å². The van der Waals surface area contributed by atoms with Crippen LogP contribution in [0.1, 0.15) is 20.7 Å². The van der Waals surface area contributed by atoms with Gasteiger partial charge in [-0.25, -0.2) is 4.79 Å². The van der Waals surface area contributed by atoms with Gasteiger partial charge in [-0.2, -0.15) is 0 Å². The summed E-state index contributed by atoms with van der Waals surface area (Å²) in [6.45, 7) is 0.852. The second-order valence-electron chi connectivity index (χ2n) is 3.66. The van der Waals surface area contributed by atoms with E-state index in [1.165, 1.54) is 18.2 Å². The Morgan fingerprint density at radius 3 is 2.59 bits per heavy atom. The van der Waals surface area contributed by atoms with E-state index in [2.05, 4.69) is 0 Å². The standard InChI is InChI=1S/C11H11NO5/c12-10(13)8-2-1-6(11(14)15)3-9(8)17-7-4-16-5-7/h1-3,7H,4-5H2,(H2,12,13)(H,14,15). The molecule has 1 aliphatic rings. The monoisotopic (exact) mass is 237 g/mol. The van der Waals surface area contributed by atoms with Gasteiger partial charge in [0, 0.05) is 0 Å². The highest BCUT2D eigenvalue weighted by Crippen LogP contribution is 2.23. The molecule has 1 heterocycles. The minimum absolute atomic E-state index is 0.0465. The average Bonchev–Trinajstić information content (AvgIpc) is 2.22. The van der Waals surface area contributed by atoms with Gasteiger partial charge in [0.25, 0.3) is 5.91 Å². The number of nitrogens with two attached hydrogens (primary N) is 1. The molecule has 6 nitrogen and oxygen atoms in total. The van der Waals surface area contributed by atoms with Crippen LogP contribution >= 0.6 is 0 Å². The number of ether oxygens (including phenoxy) is 2. The van der Waals surface area contributed by atoms with Crippen molar-refractivity contribution >= 4 is 11.9 Å². The number of rotatable bonds is 4. The van der Waals surface area contributed by atoms with E-state index in [0.29, 0.717) is 13.2 Å². The van der Waals surface area contributed by atoms with Crippen LogP contribution in [0.3, 0.4) is 0 Å². The van der Waals surface area contributed by atoms with Crippen molar-refractivity contribution in [3.05, 3.63) is 29.3 Å². The number of aromatic carboxylic acids is 1. The Morgan fingerprint density at radius 2 is 2.12 bits per heavy atom. The lowest BCUT2D eigenvalue weighted by molar-refractivity contribution is -0.0798. The van der Waals surface area contributed by atoms with E-state index < -0.39 is 11.9 Å². The van der Waals surface area contributed by atoms with Crippen LogP contribution in [0.4, 0.5) is 0 Å². The highest BCUT2D eigenvalue weighted by Gasteiger charge is 2.23. The normalized spacial score (nSPS) is 15.1. The molecule has 0 unspecified atom stereocenters. The maximum absolute atomic E-state index is 11.2. The molecule has 1 aliphatic heterocycles. The first-order valence-electron chi connectivity index (χ1n) is 4.99. The Balaban J connectivity index is 2.32. The van der Waals surface area contributed by atoms with E-state index in [1.54, 1.807) is 0 Å². The van der Waals surface area contributed by atoms with Gasteiger partial charge < -0.3 is 20.3 Å². The van der Waals surface area contributed by atoms with Gasteiger partial charge in [-0.05, 0) is 18.2 Å². The maximum Gasteiger partial charge on any atom is 0.335 e. The van der Waals surface area contributed by atoms with Crippen molar-refractivity contribution in [2.24, 2.45) is 5.73 Å². The summed E-state index contributed by atoms with van der Waals surface area (Å²) in [4.78, 5) is 22.0. The molecule has 1 saturated heterocycles. The highest BCUT2D eigenvalue weighted by atomic mass is 16.6. The second kappa shape index (κ2) is 4.42. The van der Waals surface area contributed by atoms with Crippen LogP contribution in [-0.4, -0.2) is 36.3 Å². The lowest BCUT2D eigenvalue weighted by atomic mass is 10.1. The Bertz CT molecular complexity index is 467. The molecule has 6 heteroatoms. The van der Waals surface area contributed by atoms with Gasteiger partial charge in [0.1, 0.15) is 11.9 Å². The van der Waals surface area contributed by atoms with E-state index in [4.69, 9.17) is 20.3 Å². The summed E-state index contributed by atoms with van der Waals surface area (Å²) in [6.07, 6.45) is -0.155. The SMILES string of the molecule is NC(=O)c1ccc(C(=O)O)cc1OC1COC1. The summed E-state index contributed by atoms with van der Waals surface area (Å²) < 4.78 is 10.4. The Labute approximate surface area is 96.9 Å². The molecule has 1 aromatic rings. The van der Waals surface area contributed by atoms with Crippen LogP contribution < -0.4 is 10.5 Å². The molecule has 0 spiro atoms. The Morgan fingerprint density at radius 1 is 1.41 bits per heavy atom. The number of carbonyl (C=O) groups is 2. The molecule has 90 valence electrons. The number of benzene rings is 1. The van der Waals surface area contributed by atoms with E-state index in [1.807, 2.05) is 0 Å². The Hall–Kier alpha value is -2.08. The molecule has 1 amide bonds. The zero-order valence-corrected chi connectivity index (χ0v) is 8.88. The first-order chi connectivity index (χ1) is 8.08. The molecular weight excluding hydrogens is 226 g/mol. The van der Waals surface area contributed by atoms with Crippen LogP contribution in [0.15, 0.2) is 18.2 Å². The van der Waals surface area contributed by atoms with Crippen molar-refractivity contribution in [3.8, 4) is 5.75 Å². The summed E-state index contributed by atoms with van der Waals surface area (Å²) >= 11 is 0. The minimum Gasteiger partial charge on any atom is -0.485 e. The molecule has 0 aliphatic carbocycles. The third-order valence-corrected chi connectivity index (χ3v) is 2.40. The third kappa shape index (κ3) is 2.36. The molecule has 1 fully saturated rings. The molecular formula is C11H11NO5. The van der Waals surface area contributed by atoms with Crippen molar-refractivity contribution < 1.29 is 24.2 Å². The number of primary amides is 1. The summed E-state index contributed by atoms with van der Waals surface area (Å²) in [5, 5.41) is 8.85. The molecule has 0 bridgehead atoms. The first kappa shape index (κ1) is 11.4. The molecule has 0 saturated carbocycles. The number of amides is 1. The van der Waals surface area contributed by atoms with E-state index in [-0.39, 0.29) is 23.0 Å². The quantitative estimate of drug-likeness (QED) is 0.782. The fourth-order valence-electron chi connectivity index (χ4n) is 1.42. The van der Waals surface area contributed by atoms with Crippen LogP contribution in [0.2, 0.25) is 0 Å². The second-order valence-corrected chi connectivity index (χ2v) is 3.66. The van der Waals surface area contributed by atoms with Crippen molar-refractivity contribution in [1.82, 2.24) is 0 Å². The van der Waals surface area contributed by atoms with Crippen molar-refractivity contribution in [1.29, 1.82) is 0 Å². The lowest BCUT2D eigenvalue weighted by Gasteiger charge is -2.27. The molecule has 0 radical (unpaired) electrons. The highest BCUT2D eigenvalue weighted by molar-refractivity contribution is 5.97. The van der Waals surface area contributed by atoms with Crippen molar-refractivity contribution in [3.63, 3.8) is 0 Å². The number of hydrogen-bond donors (Lipinski definition) is 2. The number of hydrogen-bond acceptors (Lipinski definition) is 4. The molecule has 0 aromatic heterocycles. The largest absolute Gasteiger partial charge is 0.485 e. The predicted octanol–water partition coefficient (Wildman–Crippen LogP) is 0.261. The topological polar surface area (TPSA) is 98.9 Å². The van der Waals surface area contributed by atoms with E-state index in [0.717, 1.165) is 0 Å². The summed E-state index contributed by atoms with van der Waals surface area (Å²) in [7, 11) is 0. The zero-order valence-electron chi connectivity index (χ0n) is 8.88. The molecule has 17 heavy (non-hydrogen) atoms. The minimum atomic E-state index is -1.09. The van der Waals surface area contributed by atoms with Crippen LogP contribution in [0, 0.1) is 0 Å². The van der Waals surface area contributed by atoms with Gasteiger partial charge >= 0.3 is 5.97 Å².